The first-order valence-electron chi connectivity index (χ1n) is 10.7. The first-order valence-corrected chi connectivity index (χ1v) is 10.7. The Morgan fingerprint density at radius 1 is 0.893 bits per heavy atom. The van der Waals surface area contributed by atoms with Crippen LogP contribution in [0.1, 0.15) is 54.4 Å². The molecule has 4 aliphatic rings. The Morgan fingerprint density at radius 3 is 2.11 bits per heavy atom. The zero-order valence-electron chi connectivity index (χ0n) is 16.3. The first kappa shape index (κ1) is 17.7. The molecule has 4 saturated carbocycles. The van der Waals surface area contributed by atoms with Gasteiger partial charge in [-0.1, -0.05) is 36.4 Å². The van der Waals surface area contributed by atoms with Crippen LogP contribution in [0.3, 0.4) is 0 Å². The molecule has 0 N–H and O–H groups in total. The van der Waals surface area contributed by atoms with Gasteiger partial charge in [-0.2, -0.15) is 0 Å². The number of benzene rings is 2. The minimum atomic E-state index is 0.116. The van der Waals surface area contributed by atoms with E-state index in [-0.39, 0.29) is 5.78 Å². The molecule has 144 valence electrons. The highest BCUT2D eigenvalue weighted by molar-refractivity contribution is 6.04. The van der Waals surface area contributed by atoms with E-state index >= 15 is 0 Å². The standard InChI is InChI=1S/C26H28O2/c27-25(10-11-26-15-20-12-21(16-26)14-22(13-20)17-26)23-6-8-24(9-7-23)28-18-19-4-2-1-3-5-19/h1-11,20-22H,12-18H2. The van der Waals surface area contributed by atoms with Gasteiger partial charge in [0.25, 0.3) is 0 Å². The summed E-state index contributed by atoms with van der Waals surface area (Å²) in [4.78, 5) is 12.7. The average molecular weight is 373 g/mol. The summed E-state index contributed by atoms with van der Waals surface area (Å²) < 4.78 is 5.82. The summed E-state index contributed by atoms with van der Waals surface area (Å²) in [5.74, 6) is 3.64. The molecule has 6 rings (SSSR count). The van der Waals surface area contributed by atoms with Crippen LogP contribution in [0, 0.1) is 23.2 Å². The Morgan fingerprint density at radius 2 is 1.50 bits per heavy atom. The molecule has 2 nitrogen and oxygen atoms in total. The molecule has 2 aromatic rings. The zero-order chi connectivity index (χ0) is 19.0. The van der Waals surface area contributed by atoms with Gasteiger partial charge in [-0.05, 0) is 97.6 Å². The molecule has 4 aliphatic carbocycles. The van der Waals surface area contributed by atoms with Gasteiger partial charge in [0, 0.05) is 5.56 Å². The number of allylic oxidation sites excluding steroid dienone is 2. The van der Waals surface area contributed by atoms with Gasteiger partial charge in [0.2, 0.25) is 0 Å². The highest BCUT2D eigenvalue weighted by Gasteiger charge is 2.49. The van der Waals surface area contributed by atoms with E-state index < -0.39 is 0 Å². The van der Waals surface area contributed by atoms with Crippen molar-refractivity contribution in [1.29, 1.82) is 0 Å². The lowest BCUT2D eigenvalue weighted by Gasteiger charge is -2.55. The third-order valence-electron chi connectivity index (χ3n) is 7.06. The number of hydrogen-bond acceptors (Lipinski definition) is 2. The Labute approximate surface area is 167 Å². The van der Waals surface area contributed by atoms with Crippen LogP contribution in [0.4, 0.5) is 0 Å². The maximum atomic E-state index is 12.7. The van der Waals surface area contributed by atoms with Gasteiger partial charge >= 0.3 is 0 Å². The fraction of sp³-hybridized carbons (Fsp3) is 0.423. The van der Waals surface area contributed by atoms with Crippen LogP contribution in [0.25, 0.3) is 0 Å². The number of hydrogen-bond donors (Lipinski definition) is 0. The molecule has 2 heteroatoms. The summed E-state index contributed by atoms with van der Waals surface area (Å²) in [6.45, 7) is 0.542. The third-order valence-corrected chi connectivity index (χ3v) is 7.06. The normalized spacial score (nSPS) is 30.6. The van der Waals surface area contributed by atoms with E-state index in [1.807, 2.05) is 60.7 Å². The molecule has 0 amide bonds. The maximum Gasteiger partial charge on any atom is 0.185 e. The van der Waals surface area contributed by atoms with E-state index in [0.29, 0.717) is 12.0 Å². The van der Waals surface area contributed by atoms with Gasteiger partial charge < -0.3 is 4.74 Å². The Kier molecular flexibility index (Phi) is 4.58. The molecule has 0 atom stereocenters. The van der Waals surface area contributed by atoms with E-state index in [9.17, 15) is 4.79 Å². The predicted molar refractivity (Wildman–Crippen MR) is 111 cm³/mol. The van der Waals surface area contributed by atoms with Crippen molar-refractivity contribution in [3.8, 4) is 5.75 Å². The van der Waals surface area contributed by atoms with Crippen LogP contribution >= 0.6 is 0 Å². The van der Waals surface area contributed by atoms with Crippen molar-refractivity contribution in [2.45, 2.75) is 45.1 Å². The average Bonchev–Trinajstić information content (AvgIpc) is 2.71. The second-order valence-corrected chi connectivity index (χ2v) is 9.28. The molecule has 4 fully saturated rings. The van der Waals surface area contributed by atoms with Gasteiger partial charge in [0.05, 0.1) is 0 Å². The molecule has 0 heterocycles. The molecular formula is C26H28O2. The van der Waals surface area contributed by atoms with E-state index in [2.05, 4.69) is 6.08 Å². The molecule has 0 aromatic heterocycles. The Hall–Kier alpha value is -2.35. The number of carbonyl (C=O) groups excluding carboxylic acids is 1. The van der Waals surface area contributed by atoms with E-state index in [1.54, 1.807) is 0 Å². The lowest BCUT2D eigenvalue weighted by Crippen LogP contribution is -2.45. The fourth-order valence-corrected chi connectivity index (χ4v) is 6.19. The maximum absolute atomic E-state index is 12.7. The first-order chi connectivity index (χ1) is 13.7. The number of carbonyl (C=O) groups is 1. The molecule has 4 bridgehead atoms. The van der Waals surface area contributed by atoms with Crippen molar-refractivity contribution < 1.29 is 9.53 Å². The Balaban J connectivity index is 1.22. The smallest absolute Gasteiger partial charge is 0.185 e. The van der Waals surface area contributed by atoms with E-state index in [0.717, 1.165) is 34.6 Å². The quantitative estimate of drug-likeness (QED) is 0.444. The number of rotatable bonds is 6. The highest BCUT2D eigenvalue weighted by Crippen LogP contribution is 2.60. The minimum absolute atomic E-state index is 0.116. The number of ether oxygens (including phenoxy) is 1. The largest absolute Gasteiger partial charge is 0.489 e. The summed E-state index contributed by atoms with van der Waals surface area (Å²) in [7, 11) is 0. The van der Waals surface area contributed by atoms with Crippen molar-refractivity contribution in [1.82, 2.24) is 0 Å². The van der Waals surface area contributed by atoms with Crippen LogP contribution < -0.4 is 4.74 Å². The van der Waals surface area contributed by atoms with Crippen LogP contribution in [0.5, 0.6) is 5.75 Å². The molecule has 0 saturated heterocycles. The monoisotopic (exact) mass is 372 g/mol. The molecule has 0 aliphatic heterocycles. The van der Waals surface area contributed by atoms with E-state index in [4.69, 9.17) is 4.74 Å². The van der Waals surface area contributed by atoms with Gasteiger partial charge in [0.15, 0.2) is 5.78 Å². The van der Waals surface area contributed by atoms with Crippen molar-refractivity contribution in [2.24, 2.45) is 23.2 Å². The van der Waals surface area contributed by atoms with Crippen molar-refractivity contribution >= 4 is 5.78 Å². The van der Waals surface area contributed by atoms with Crippen LogP contribution in [0.15, 0.2) is 66.7 Å². The number of ketones is 1. The second kappa shape index (κ2) is 7.24. The third kappa shape index (κ3) is 3.65. The molecule has 28 heavy (non-hydrogen) atoms. The van der Waals surface area contributed by atoms with Gasteiger partial charge in [-0.15, -0.1) is 0 Å². The molecular weight excluding hydrogens is 344 g/mol. The van der Waals surface area contributed by atoms with Crippen molar-refractivity contribution in [3.63, 3.8) is 0 Å². The zero-order valence-corrected chi connectivity index (χ0v) is 16.3. The van der Waals surface area contributed by atoms with Crippen LogP contribution in [-0.2, 0) is 6.61 Å². The fourth-order valence-electron chi connectivity index (χ4n) is 6.19. The minimum Gasteiger partial charge on any atom is -0.489 e. The SMILES string of the molecule is O=C(C=CC12CC3CC(CC(C3)C1)C2)c1ccc(OCc2ccccc2)cc1. The van der Waals surface area contributed by atoms with Crippen molar-refractivity contribution in [2.75, 3.05) is 0 Å². The topological polar surface area (TPSA) is 26.3 Å². The highest BCUT2D eigenvalue weighted by atomic mass is 16.5. The molecule has 0 spiro atoms. The molecule has 0 radical (unpaired) electrons. The van der Waals surface area contributed by atoms with Crippen molar-refractivity contribution in [3.05, 3.63) is 77.9 Å². The van der Waals surface area contributed by atoms with Crippen LogP contribution in [0.2, 0.25) is 0 Å². The summed E-state index contributed by atoms with van der Waals surface area (Å²) in [6, 6.07) is 17.7. The Bertz CT molecular complexity index is 828. The summed E-state index contributed by atoms with van der Waals surface area (Å²) in [6.07, 6.45) is 12.3. The summed E-state index contributed by atoms with van der Waals surface area (Å²) >= 11 is 0. The molecule has 2 aromatic carbocycles. The van der Waals surface area contributed by atoms with E-state index in [1.165, 1.54) is 38.5 Å². The van der Waals surface area contributed by atoms with Gasteiger partial charge in [-0.3, -0.25) is 4.79 Å². The van der Waals surface area contributed by atoms with Gasteiger partial charge in [-0.25, -0.2) is 0 Å². The van der Waals surface area contributed by atoms with Gasteiger partial charge in [0.1, 0.15) is 12.4 Å². The summed E-state index contributed by atoms with van der Waals surface area (Å²) in [5, 5.41) is 0. The lowest BCUT2D eigenvalue weighted by atomic mass is 9.49. The predicted octanol–water partition coefficient (Wildman–Crippen LogP) is 6.22. The summed E-state index contributed by atoms with van der Waals surface area (Å²) in [5.41, 5.74) is 2.19. The second-order valence-electron chi connectivity index (χ2n) is 9.28. The molecule has 0 unspecified atom stereocenters. The van der Waals surface area contributed by atoms with Crippen LogP contribution in [-0.4, -0.2) is 5.78 Å². The lowest BCUT2D eigenvalue weighted by molar-refractivity contribution is -0.0238.